The third kappa shape index (κ3) is 15.4. The van der Waals surface area contributed by atoms with Crippen molar-refractivity contribution in [2.75, 3.05) is 63.0 Å². The van der Waals surface area contributed by atoms with Crippen molar-refractivity contribution in [2.45, 2.75) is 91.3 Å². The quantitative estimate of drug-likeness (QED) is 0.133. The van der Waals surface area contributed by atoms with Crippen molar-refractivity contribution in [2.24, 2.45) is 0 Å². The van der Waals surface area contributed by atoms with E-state index in [2.05, 4.69) is 25.8 Å². The number of ether oxygens (including phenoxy) is 1. The zero-order valence-electron chi connectivity index (χ0n) is 42.7. The summed E-state index contributed by atoms with van der Waals surface area (Å²) in [5.74, 6) is -1.19. The van der Waals surface area contributed by atoms with E-state index in [9.17, 15) is 32.8 Å². The molecule has 5 amide bonds. The molecule has 4 fully saturated rings. The molecule has 4 aliphatic rings. The molecule has 4 aromatic carbocycles. The minimum Gasteiger partial charge on any atom is -0.444 e. The van der Waals surface area contributed by atoms with Gasteiger partial charge in [0.15, 0.2) is 0 Å². The van der Waals surface area contributed by atoms with Crippen LogP contribution in [0.4, 0.5) is 25.0 Å². The fraction of sp³-hybridized carbons (Fsp3) is 0.400. The Morgan fingerprint density at radius 2 is 1.01 bits per heavy atom. The summed E-state index contributed by atoms with van der Waals surface area (Å²) in [5.41, 5.74) is 5.60. The first-order chi connectivity index (χ1) is 34.6. The van der Waals surface area contributed by atoms with Crippen molar-refractivity contribution in [3.05, 3.63) is 140 Å². The third-order valence-electron chi connectivity index (χ3n) is 13.0. The number of rotatable bonds is 10. The molecule has 4 saturated heterocycles. The molecular weight excluding hydrogens is 1010 g/mol. The van der Waals surface area contributed by atoms with Gasteiger partial charge >= 0.3 is 6.09 Å². The van der Waals surface area contributed by atoms with Crippen molar-refractivity contribution in [1.29, 1.82) is 0 Å². The normalized spacial score (nSPS) is 19.9. The SMILES string of the molecule is CC(=O)Nc1cc(Cl)c(C)cc1/C=C/C(=O)N1C2CN(Cc3ccc(F)cc3)CC1CN(C(=O)OC(C)(C)C)C2.CC(=O)Nc1cc(Cl)c(C)cc1/C=C/C(=O)N1C2CNCC1CN(Cc1ccc(F)cc1)C2.Cl. The number of hydrogen-bond donors (Lipinski definition) is 3. The average molecular weight is 1080 g/mol. The lowest BCUT2D eigenvalue weighted by Crippen LogP contribution is -2.70. The Hall–Kier alpha value is -5.88. The topological polar surface area (TPSA) is 147 Å². The van der Waals surface area contributed by atoms with Crippen LogP contribution >= 0.6 is 35.6 Å². The summed E-state index contributed by atoms with van der Waals surface area (Å²) in [6.07, 6.45) is 6.12. The Morgan fingerprint density at radius 1 is 0.635 bits per heavy atom. The van der Waals surface area contributed by atoms with Gasteiger partial charge in [-0.3, -0.25) is 29.0 Å². The molecule has 4 aliphatic heterocycles. The number of benzene rings is 4. The molecule has 0 saturated carbocycles. The van der Waals surface area contributed by atoms with Crippen LogP contribution in [0.25, 0.3) is 12.2 Å². The van der Waals surface area contributed by atoms with Crippen LogP contribution in [0, 0.1) is 25.5 Å². The van der Waals surface area contributed by atoms with Gasteiger partial charge in [-0.15, -0.1) is 12.4 Å². The highest BCUT2D eigenvalue weighted by molar-refractivity contribution is 6.32. The van der Waals surface area contributed by atoms with E-state index in [1.54, 1.807) is 47.4 Å². The van der Waals surface area contributed by atoms with Crippen LogP contribution in [-0.2, 0) is 37.0 Å². The Morgan fingerprint density at radius 3 is 1.39 bits per heavy atom. The van der Waals surface area contributed by atoms with E-state index in [1.165, 1.54) is 44.2 Å². The summed E-state index contributed by atoms with van der Waals surface area (Å²) in [5, 5.41) is 10.0. The number of aryl methyl sites for hydroxylation is 2. The number of carbonyl (C=O) groups is 5. The van der Waals surface area contributed by atoms with E-state index in [0.717, 1.165) is 60.5 Å². The van der Waals surface area contributed by atoms with Crippen LogP contribution < -0.4 is 16.0 Å². The van der Waals surface area contributed by atoms with Crippen molar-refractivity contribution < 1.29 is 37.5 Å². The van der Waals surface area contributed by atoms with E-state index < -0.39 is 11.7 Å². The lowest BCUT2D eigenvalue weighted by molar-refractivity contribution is -0.141. The largest absolute Gasteiger partial charge is 0.444 e. The Kier molecular flexibility index (Phi) is 19.5. The van der Waals surface area contributed by atoms with E-state index in [-0.39, 0.29) is 71.8 Å². The van der Waals surface area contributed by atoms with Gasteiger partial charge in [-0.05, 0) is 129 Å². The predicted molar refractivity (Wildman–Crippen MR) is 289 cm³/mol. The van der Waals surface area contributed by atoms with Gasteiger partial charge in [-0.2, -0.15) is 0 Å². The number of anilines is 2. The van der Waals surface area contributed by atoms with Crippen molar-refractivity contribution in [3.63, 3.8) is 0 Å². The van der Waals surface area contributed by atoms with Gasteiger partial charge in [0.1, 0.15) is 17.2 Å². The first kappa shape index (κ1) is 57.4. The van der Waals surface area contributed by atoms with Crippen LogP contribution in [0.1, 0.15) is 68.0 Å². The second-order valence-electron chi connectivity index (χ2n) is 20.2. The summed E-state index contributed by atoms with van der Waals surface area (Å²) in [4.78, 5) is 73.1. The molecule has 19 heteroatoms. The maximum absolute atomic E-state index is 13.6. The number of carbonyl (C=O) groups excluding carboxylic acids is 5. The summed E-state index contributed by atoms with van der Waals surface area (Å²) < 4.78 is 32.2. The fourth-order valence-corrected chi connectivity index (χ4v) is 10.2. The fourth-order valence-electron chi connectivity index (χ4n) is 9.83. The number of fused-ring (bicyclic) bond motifs is 4. The molecule has 0 aliphatic carbocycles. The maximum Gasteiger partial charge on any atom is 0.410 e. The maximum atomic E-state index is 13.6. The summed E-state index contributed by atoms with van der Waals surface area (Å²) >= 11 is 12.5. The van der Waals surface area contributed by atoms with E-state index in [1.807, 2.05) is 68.7 Å². The monoisotopic (exact) mass is 1080 g/mol. The standard InChI is InChI=1S/C30H36ClFN4O4.C25H28ClFN4O2.ClH/c1-19-12-22(27(13-26(19)31)33-20(2)37)8-11-28(38)36-24-15-34(14-21-6-9-23(32)10-7-21)16-25(36)18-35(17-24)29(39)40-30(3,4)5;1-16-9-19(24(10-23(16)26)29-17(2)32)5-8-25(33)31-21-11-28-12-22(31)15-30(14-21)13-18-3-6-20(27)7-4-18;/h6-13,24-25H,14-18H2,1-5H3,(H,33,37);3-10,21-22,28H,11-15H2,1-2H3,(H,29,32);1H/b11-8+;8-5+;. The Labute approximate surface area is 448 Å². The minimum atomic E-state index is -0.626. The number of amides is 5. The molecule has 0 spiro atoms. The number of nitrogens with zero attached hydrogens (tertiary/aromatic N) is 5. The number of halogens is 5. The third-order valence-corrected chi connectivity index (χ3v) is 13.8. The molecule has 396 valence electrons. The summed E-state index contributed by atoms with van der Waals surface area (Å²) in [7, 11) is 0. The molecule has 14 nitrogen and oxygen atoms in total. The average Bonchev–Trinajstić information content (AvgIpc) is 3.30. The van der Waals surface area contributed by atoms with Crippen LogP contribution in [0.3, 0.4) is 0 Å². The first-order valence-corrected chi connectivity index (χ1v) is 25.1. The van der Waals surface area contributed by atoms with Crippen molar-refractivity contribution in [3.8, 4) is 0 Å². The molecule has 3 N–H and O–H groups in total. The van der Waals surface area contributed by atoms with Gasteiger partial charge in [-0.1, -0.05) is 47.5 Å². The minimum absolute atomic E-state index is 0. The molecule has 4 heterocycles. The van der Waals surface area contributed by atoms with E-state index >= 15 is 0 Å². The highest BCUT2D eigenvalue weighted by atomic mass is 35.5. The highest BCUT2D eigenvalue weighted by Crippen LogP contribution is 2.31. The molecule has 4 unspecified atom stereocenters. The number of hydrogen-bond acceptors (Lipinski definition) is 9. The molecule has 0 radical (unpaired) electrons. The predicted octanol–water partition coefficient (Wildman–Crippen LogP) is 8.96. The highest BCUT2D eigenvalue weighted by Gasteiger charge is 2.44. The van der Waals surface area contributed by atoms with Crippen LogP contribution in [0.5, 0.6) is 0 Å². The second kappa shape index (κ2) is 25.1. The van der Waals surface area contributed by atoms with Gasteiger partial charge in [0.05, 0.1) is 24.2 Å². The van der Waals surface area contributed by atoms with Crippen molar-refractivity contribution in [1.82, 2.24) is 29.8 Å². The zero-order valence-corrected chi connectivity index (χ0v) is 45.1. The molecule has 74 heavy (non-hydrogen) atoms. The first-order valence-electron chi connectivity index (χ1n) is 24.4. The smallest absolute Gasteiger partial charge is 0.410 e. The van der Waals surface area contributed by atoms with Gasteiger partial charge < -0.3 is 35.4 Å². The van der Waals surface area contributed by atoms with Crippen LogP contribution in [0.15, 0.2) is 84.9 Å². The van der Waals surface area contributed by atoms with Gasteiger partial charge in [0.2, 0.25) is 23.6 Å². The lowest BCUT2D eigenvalue weighted by Gasteiger charge is -2.52. The molecule has 4 atom stereocenters. The van der Waals surface area contributed by atoms with Gasteiger partial charge in [-0.25, -0.2) is 13.6 Å². The van der Waals surface area contributed by atoms with Crippen LogP contribution in [0.2, 0.25) is 10.0 Å². The molecule has 0 aromatic heterocycles. The van der Waals surface area contributed by atoms with E-state index in [0.29, 0.717) is 59.7 Å². The summed E-state index contributed by atoms with van der Waals surface area (Å²) in [6, 6.07) is 19.6. The van der Waals surface area contributed by atoms with Gasteiger partial charge in [0.25, 0.3) is 0 Å². The molecule has 8 rings (SSSR count). The summed E-state index contributed by atoms with van der Waals surface area (Å²) in [6.45, 7) is 18.1. The number of piperazine rings is 4. The lowest BCUT2D eigenvalue weighted by atomic mass is 9.99. The Bertz CT molecular complexity index is 2730. The van der Waals surface area contributed by atoms with Crippen molar-refractivity contribution >= 4 is 88.9 Å². The molecule has 4 bridgehead atoms. The molecular formula is C55H65Cl3F2N8O6. The van der Waals surface area contributed by atoms with Gasteiger partial charge in [0, 0.05) is 113 Å². The van der Waals surface area contributed by atoms with E-state index in [4.69, 9.17) is 27.9 Å². The number of nitrogens with one attached hydrogen (secondary N) is 3. The van der Waals surface area contributed by atoms with Crippen LogP contribution in [-0.4, -0.2) is 136 Å². The second-order valence-corrected chi connectivity index (χ2v) is 21.0. The Balaban J connectivity index is 0.000000242. The molecule has 4 aromatic rings. The zero-order chi connectivity index (χ0) is 52.7.